The predicted octanol–water partition coefficient (Wildman–Crippen LogP) is 4.54. The third-order valence-electron chi connectivity index (χ3n) is 1.54. The lowest BCUT2D eigenvalue weighted by molar-refractivity contribution is 0.682. The topological polar surface area (TPSA) is 17.1 Å². The highest BCUT2D eigenvalue weighted by molar-refractivity contribution is 7.85. The Bertz CT molecular complexity index is 326. The Hall–Kier alpha value is -0.0500. The normalized spacial score (nSPS) is 11.5. The summed E-state index contributed by atoms with van der Waals surface area (Å²) in [7, 11) is -0.945. The van der Waals surface area contributed by atoms with Gasteiger partial charge < -0.3 is 0 Å². The summed E-state index contributed by atoms with van der Waals surface area (Å²) in [6.07, 6.45) is 0.896. The first-order chi connectivity index (χ1) is 7.15. The molecule has 0 aromatic heterocycles. The largest absolute Gasteiger partial charge is 0.254 e. The van der Waals surface area contributed by atoms with Crippen LogP contribution in [0, 0.1) is 0 Å². The highest BCUT2D eigenvalue weighted by atomic mass is 35.5. The molecule has 1 rings (SSSR count). The van der Waals surface area contributed by atoms with Crippen LogP contribution < -0.4 is 0 Å². The molecule has 15 heavy (non-hydrogen) atoms. The second-order valence-electron chi connectivity index (χ2n) is 2.63. The lowest BCUT2D eigenvalue weighted by atomic mass is 10.4. The van der Waals surface area contributed by atoms with Gasteiger partial charge in [0, 0.05) is 10.6 Å². The fourth-order valence-corrected chi connectivity index (χ4v) is 2.36. The summed E-state index contributed by atoms with van der Waals surface area (Å²) in [6.45, 7) is 6.00. The van der Waals surface area contributed by atoms with Gasteiger partial charge in [-0.2, -0.15) is 0 Å². The zero-order chi connectivity index (χ0) is 11.8. The molecule has 0 N–H and O–H groups in total. The molecule has 4 heteroatoms. The van der Waals surface area contributed by atoms with Gasteiger partial charge in [0.15, 0.2) is 0 Å². The van der Waals surface area contributed by atoms with Gasteiger partial charge in [0.2, 0.25) is 0 Å². The molecule has 0 aliphatic carbocycles. The summed E-state index contributed by atoms with van der Waals surface area (Å²) in [5.74, 6) is 0.665. The monoisotopic (exact) mass is 266 g/mol. The molecule has 1 aromatic carbocycles. The first kappa shape index (κ1) is 14.9. The van der Waals surface area contributed by atoms with Gasteiger partial charge in [-0.3, -0.25) is 4.21 Å². The molecule has 86 valence electrons. The van der Waals surface area contributed by atoms with Gasteiger partial charge >= 0.3 is 0 Å². The molecule has 1 nitrogen and oxygen atoms in total. The average molecular weight is 267 g/mol. The van der Waals surface area contributed by atoms with E-state index in [9.17, 15) is 4.21 Å². The summed E-state index contributed by atoms with van der Waals surface area (Å²) in [5, 5.41) is 0.961. The fourth-order valence-electron chi connectivity index (χ4n) is 0.922. The first-order valence-corrected chi connectivity index (χ1v) is 7.06. The minimum Gasteiger partial charge on any atom is -0.254 e. The average Bonchev–Trinajstić information content (AvgIpc) is 2.25. The Morgan fingerprint density at radius 1 is 1.20 bits per heavy atom. The molecule has 0 aliphatic heterocycles. The van der Waals surface area contributed by atoms with Crippen LogP contribution in [0.25, 0.3) is 0 Å². The zero-order valence-electron chi connectivity index (χ0n) is 9.22. The van der Waals surface area contributed by atoms with Crippen molar-refractivity contribution in [2.45, 2.75) is 32.1 Å². The van der Waals surface area contributed by atoms with Crippen molar-refractivity contribution in [1.29, 1.82) is 0 Å². The Morgan fingerprint density at radius 3 is 2.27 bits per heavy atom. The quantitative estimate of drug-likeness (QED) is 0.785. The van der Waals surface area contributed by atoms with E-state index in [1.165, 1.54) is 0 Å². The highest BCUT2D eigenvalue weighted by Crippen LogP contribution is 2.24. The molecule has 0 amide bonds. The van der Waals surface area contributed by atoms with Crippen LogP contribution >= 0.6 is 23.2 Å². The van der Waals surface area contributed by atoms with Crippen LogP contribution in [-0.2, 0) is 10.8 Å². The van der Waals surface area contributed by atoms with Crippen molar-refractivity contribution in [2.24, 2.45) is 0 Å². The van der Waals surface area contributed by atoms with E-state index in [-0.39, 0.29) is 0 Å². The molecule has 0 spiro atoms. The summed E-state index contributed by atoms with van der Waals surface area (Å²) < 4.78 is 11.5. The van der Waals surface area contributed by atoms with Gasteiger partial charge in [-0.05, 0) is 24.6 Å². The van der Waals surface area contributed by atoms with E-state index in [1.54, 1.807) is 18.2 Å². The highest BCUT2D eigenvalue weighted by Gasteiger charge is 2.04. The van der Waals surface area contributed by atoms with Gasteiger partial charge in [0.25, 0.3) is 0 Å². The SMILES string of the molecule is CC.CCCS(=O)c1ccc(Cl)c(Cl)c1. The number of rotatable bonds is 3. The molecule has 1 unspecified atom stereocenters. The third kappa shape index (κ3) is 5.01. The molecule has 0 heterocycles. The minimum absolute atomic E-state index is 0.462. The maximum Gasteiger partial charge on any atom is 0.0604 e. The van der Waals surface area contributed by atoms with E-state index in [0.29, 0.717) is 15.8 Å². The van der Waals surface area contributed by atoms with Crippen molar-refractivity contribution < 1.29 is 4.21 Å². The van der Waals surface area contributed by atoms with Gasteiger partial charge in [-0.25, -0.2) is 0 Å². The number of benzene rings is 1. The number of hydrogen-bond donors (Lipinski definition) is 0. The van der Waals surface area contributed by atoms with Gasteiger partial charge in [-0.15, -0.1) is 0 Å². The van der Waals surface area contributed by atoms with Crippen LogP contribution in [0.3, 0.4) is 0 Å². The molecule has 0 radical (unpaired) electrons. The Morgan fingerprint density at radius 2 is 1.80 bits per heavy atom. The van der Waals surface area contributed by atoms with Crippen LogP contribution in [0.5, 0.6) is 0 Å². The van der Waals surface area contributed by atoms with Crippen molar-refractivity contribution in [2.75, 3.05) is 5.75 Å². The Balaban J connectivity index is 0.000000921. The van der Waals surface area contributed by atoms with Crippen LogP contribution in [0.15, 0.2) is 23.1 Å². The van der Waals surface area contributed by atoms with Crippen molar-refractivity contribution in [1.82, 2.24) is 0 Å². The number of hydrogen-bond acceptors (Lipinski definition) is 1. The second-order valence-corrected chi connectivity index (χ2v) is 5.01. The Kier molecular flexibility index (Phi) is 8.12. The molecular weight excluding hydrogens is 251 g/mol. The molecule has 0 fully saturated rings. The van der Waals surface area contributed by atoms with Crippen molar-refractivity contribution in [3.05, 3.63) is 28.2 Å². The molecular formula is C11H16Cl2OS. The van der Waals surface area contributed by atoms with Crippen LogP contribution in [0.1, 0.15) is 27.2 Å². The summed E-state index contributed by atoms with van der Waals surface area (Å²) >= 11 is 11.5. The lowest BCUT2D eigenvalue weighted by Gasteiger charge is -2.01. The maximum absolute atomic E-state index is 11.5. The lowest BCUT2D eigenvalue weighted by Crippen LogP contribution is -1.96. The van der Waals surface area contributed by atoms with Gasteiger partial charge in [0.05, 0.1) is 20.8 Å². The van der Waals surface area contributed by atoms with E-state index in [4.69, 9.17) is 23.2 Å². The van der Waals surface area contributed by atoms with Gasteiger partial charge in [0.1, 0.15) is 0 Å². The van der Waals surface area contributed by atoms with Gasteiger partial charge in [-0.1, -0.05) is 44.0 Å². The molecule has 0 saturated carbocycles. The van der Waals surface area contributed by atoms with Crippen molar-refractivity contribution in [3.8, 4) is 0 Å². The summed E-state index contributed by atoms with van der Waals surface area (Å²) in [5.41, 5.74) is 0. The maximum atomic E-state index is 11.5. The summed E-state index contributed by atoms with van der Waals surface area (Å²) in [4.78, 5) is 0.747. The molecule has 1 aromatic rings. The van der Waals surface area contributed by atoms with Crippen molar-refractivity contribution in [3.63, 3.8) is 0 Å². The molecule has 0 aliphatic rings. The Labute approximate surface area is 104 Å². The minimum atomic E-state index is -0.945. The van der Waals surface area contributed by atoms with Crippen LogP contribution in [0.2, 0.25) is 10.0 Å². The van der Waals surface area contributed by atoms with E-state index < -0.39 is 10.8 Å². The van der Waals surface area contributed by atoms with E-state index in [0.717, 1.165) is 11.3 Å². The standard InChI is InChI=1S/C9H10Cl2OS.C2H6/c1-2-5-13(12)7-3-4-8(10)9(11)6-7;1-2/h3-4,6H,2,5H2,1H3;1-2H3. The molecule has 1 atom stereocenters. The third-order valence-corrected chi connectivity index (χ3v) is 3.84. The molecule has 0 bridgehead atoms. The second kappa shape index (κ2) is 8.14. The van der Waals surface area contributed by atoms with E-state index in [2.05, 4.69) is 0 Å². The molecule has 0 saturated heterocycles. The van der Waals surface area contributed by atoms with E-state index >= 15 is 0 Å². The van der Waals surface area contributed by atoms with Crippen molar-refractivity contribution >= 4 is 34.0 Å². The predicted molar refractivity (Wildman–Crippen MR) is 69.4 cm³/mol. The number of halogens is 2. The summed E-state index contributed by atoms with van der Waals surface area (Å²) in [6, 6.07) is 5.09. The van der Waals surface area contributed by atoms with Crippen LogP contribution in [-0.4, -0.2) is 9.96 Å². The fraction of sp³-hybridized carbons (Fsp3) is 0.455. The first-order valence-electron chi connectivity index (χ1n) is 4.98. The van der Waals surface area contributed by atoms with Crippen LogP contribution in [0.4, 0.5) is 0 Å². The smallest absolute Gasteiger partial charge is 0.0604 e. The zero-order valence-corrected chi connectivity index (χ0v) is 11.5. The van der Waals surface area contributed by atoms with E-state index in [1.807, 2.05) is 20.8 Å².